The summed E-state index contributed by atoms with van der Waals surface area (Å²) in [7, 11) is 3.29. The smallest absolute Gasteiger partial charge is 0.320 e. The van der Waals surface area contributed by atoms with Crippen LogP contribution in [-0.2, 0) is 14.3 Å². The number of likely N-dealkylation sites (tertiary alicyclic amines) is 1. The molecule has 3 atom stereocenters. The van der Waals surface area contributed by atoms with Crippen molar-refractivity contribution in [3.05, 3.63) is 0 Å². The molecular formula is C13H22N2O5. The number of hydrogen-bond acceptors (Lipinski definition) is 4. The van der Waals surface area contributed by atoms with Crippen molar-refractivity contribution in [2.45, 2.75) is 25.0 Å². The number of likely N-dealkylation sites (N-methyl/N-ethyl adjacent to an activating group) is 1. The van der Waals surface area contributed by atoms with Crippen LogP contribution >= 0.6 is 0 Å². The highest BCUT2D eigenvalue weighted by Gasteiger charge is 2.40. The molecule has 2 saturated heterocycles. The zero-order valence-corrected chi connectivity index (χ0v) is 11.9. The van der Waals surface area contributed by atoms with Crippen LogP contribution < -0.4 is 0 Å². The highest BCUT2D eigenvalue weighted by atomic mass is 16.5. The quantitative estimate of drug-likeness (QED) is 0.804. The lowest BCUT2D eigenvalue weighted by atomic mass is 10.0. The van der Waals surface area contributed by atoms with Gasteiger partial charge in [-0.25, -0.2) is 4.79 Å². The van der Waals surface area contributed by atoms with E-state index in [-0.39, 0.29) is 25.3 Å². The molecule has 0 aromatic rings. The van der Waals surface area contributed by atoms with E-state index in [4.69, 9.17) is 14.6 Å². The van der Waals surface area contributed by atoms with Gasteiger partial charge in [-0.15, -0.1) is 0 Å². The highest BCUT2D eigenvalue weighted by molar-refractivity contribution is 5.77. The normalized spacial score (nSPS) is 30.3. The Bertz CT molecular complexity index is 376. The molecule has 2 fully saturated rings. The lowest BCUT2D eigenvalue weighted by Gasteiger charge is -2.37. The van der Waals surface area contributed by atoms with Gasteiger partial charge in [0.15, 0.2) is 0 Å². The lowest BCUT2D eigenvalue weighted by molar-refractivity contribution is -0.142. The molecule has 0 aromatic carbocycles. The Balaban J connectivity index is 1.99. The first-order chi connectivity index (χ1) is 9.54. The number of urea groups is 1. The van der Waals surface area contributed by atoms with Gasteiger partial charge in [0.2, 0.25) is 0 Å². The molecule has 2 rings (SSSR count). The Morgan fingerprint density at radius 3 is 2.80 bits per heavy atom. The first-order valence-corrected chi connectivity index (χ1v) is 6.89. The number of ether oxygens (including phenoxy) is 2. The third-order valence-electron chi connectivity index (χ3n) is 4.15. The molecule has 0 spiro atoms. The highest BCUT2D eigenvalue weighted by Crippen LogP contribution is 2.21. The van der Waals surface area contributed by atoms with E-state index in [9.17, 15) is 9.59 Å². The van der Waals surface area contributed by atoms with Crippen LogP contribution in [0.4, 0.5) is 4.79 Å². The predicted molar refractivity (Wildman–Crippen MR) is 70.5 cm³/mol. The number of methoxy groups -OCH3 is 1. The van der Waals surface area contributed by atoms with Gasteiger partial charge in [-0.2, -0.15) is 0 Å². The van der Waals surface area contributed by atoms with Gasteiger partial charge in [-0.3, -0.25) is 4.79 Å². The van der Waals surface area contributed by atoms with Gasteiger partial charge in [0.05, 0.1) is 25.4 Å². The molecule has 0 aromatic heterocycles. The van der Waals surface area contributed by atoms with Crippen molar-refractivity contribution in [3.63, 3.8) is 0 Å². The number of aliphatic carboxylic acids is 1. The number of hydrogen-bond donors (Lipinski definition) is 1. The number of rotatable bonds is 3. The third-order valence-corrected chi connectivity index (χ3v) is 4.15. The van der Waals surface area contributed by atoms with Crippen LogP contribution in [0.25, 0.3) is 0 Å². The summed E-state index contributed by atoms with van der Waals surface area (Å²) >= 11 is 0. The Morgan fingerprint density at radius 1 is 1.40 bits per heavy atom. The summed E-state index contributed by atoms with van der Waals surface area (Å²) in [6, 6.07) is -0.545. The van der Waals surface area contributed by atoms with E-state index in [1.54, 1.807) is 19.1 Å². The summed E-state index contributed by atoms with van der Waals surface area (Å²) in [6.45, 7) is 1.69. The fourth-order valence-electron chi connectivity index (χ4n) is 2.83. The molecular weight excluding hydrogens is 264 g/mol. The molecule has 7 nitrogen and oxygen atoms in total. The van der Waals surface area contributed by atoms with E-state index in [1.165, 1.54) is 4.90 Å². The van der Waals surface area contributed by atoms with E-state index in [1.807, 2.05) is 0 Å². The van der Waals surface area contributed by atoms with Gasteiger partial charge in [-0.05, 0) is 12.8 Å². The van der Waals surface area contributed by atoms with Crippen molar-refractivity contribution in [2.75, 3.05) is 40.5 Å². The number of carboxylic acid groups (broad SMARTS) is 1. The zero-order chi connectivity index (χ0) is 14.7. The summed E-state index contributed by atoms with van der Waals surface area (Å²) in [6.07, 6.45) is 1.92. The van der Waals surface area contributed by atoms with Gasteiger partial charge in [-0.1, -0.05) is 0 Å². The largest absolute Gasteiger partial charge is 0.481 e. The molecule has 7 heteroatoms. The monoisotopic (exact) mass is 286 g/mol. The summed E-state index contributed by atoms with van der Waals surface area (Å²) in [4.78, 5) is 26.9. The fraction of sp³-hybridized carbons (Fsp3) is 0.846. The fourth-order valence-corrected chi connectivity index (χ4v) is 2.83. The van der Waals surface area contributed by atoms with Gasteiger partial charge in [0.25, 0.3) is 0 Å². The van der Waals surface area contributed by atoms with Gasteiger partial charge >= 0.3 is 12.0 Å². The van der Waals surface area contributed by atoms with Crippen LogP contribution in [0, 0.1) is 5.92 Å². The number of piperidine rings is 1. The van der Waals surface area contributed by atoms with Crippen molar-refractivity contribution in [2.24, 2.45) is 5.92 Å². The maximum atomic E-state index is 12.5. The van der Waals surface area contributed by atoms with Gasteiger partial charge < -0.3 is 24.4 Å². The van der Waals surface area contributed by atoms with E-state index in [2.05, 4.69) is 0 Å². The Hall–Kier alpha value is -1.34. The van der Waals surface area contributed by atoms with Gasteiger partial charge in [0, 0.05) is 27.2 Å². The number of carbonyl (C=O) groups is 2. The first-order valence-electron chi connectivity index (χ1n) is 6.89. The van der Waals surface area contributed by atoms with Crippen molar-refractivity contribution in [1.29, 1.82) is 0 Å². The molecule has 2 aliphatic rings. The molecule has 2 amide bonds. The summed E-state index contributed by atoms with van der Waals surface area (Å²) in [5.41, 5.74) is 0. The van der Waals surface area contributed by atoms with E-state index in [0.717, 1.165) is 12.8 Å². The topological polar surface area (TPSA) is 79.3 Å². The molecule has 2 heterocycles. The van der Waals surface area contributed by atoms with E-state index in [0.29, 0.717) is 13.1 Å². The maximum Gasteiger partial charge on any atom is 0.320 e. The van der Waals surface area contributed by atoms with Crippen LogP contribution in [0.3, 0.4) is 0 Å². The van der Waals surface area contributed by atoms with Crippen molar-refractivity contribution >= 4 is 12.0 Å². The van der Waals surface area contributed by atoms with Crippen molar-refractivity contribution in [1.82, 2.24) is 9.80 Å². The first kappa shape index (κ1) is 15.1. The average molecular weight is 286 g/mol. The minimum Gasteiger partial charge on any atom is -0.481 e. The van der Waals surface area contributed by atoms with Crippen LogP contribution in [-0.4, -0.2) is 79.5 Å². The van der Waals surface area contributed by atoms with Crippen molar-refractivity contribution in [3.8, 4) is 0 Å². The Morgan fingerprint density at radius 2 is 2.15 bits per heavy atom. The molecule has 3 unspecified atom stereocenters. The van der Waals surface area contributed by atoms with Crippen LogP contribution in [0.2, 0.25) is 0 Å². The Labute approximate surface area is 118 Å². The lowest BCUT2D eigenvalue weighted by Crippen LogP contribution is -2.53. The predicted octanol–water partition coefficient (Wildman–Crippen LogP) is 0.249. The molecule has 20 heavy (non-hydrogen) atoms. The number of nitrogens with zero attached hydrogens (tertiary/aromatic N) is 2. The summed E-state index contributed by atoms with van der Waals surface area (Å²) in [5, 5.41) is 9.15. The SMILES string of the molecule is COC1CCCN(C(=O)N(C)C2COCC2C(=O)O)C1. The standard InChI is InChI=1S/C13H22N2O5/c1-14(11-8-20-7-10(11)12(16)17)13(18)15-5-3-4-9(6-15)19-2/h9-11H,3-8H2,1-2H3,(H,16,17). The molecule has 0 bridgehead atoms. The van der Waals surface area contributed by atoms with Gasteiger partial charge in [0.1, 0.15) is 5.92 Å². The molecule has 0 saturated carbocycles. The average Bonchev–Trinajstić information content (AvgIpc) is 2.95. The summed E-state index contributed by atoms with van der Waals surface area (Å²) in [5.74, 6) is -1.56. The van der Waals surface area contributed by atoms with Crippen LogP contribution in [0.5, 0.6) is 0 Å². The van der Waals surface area contributed by atoms with Crippen LogP contribution in [0.15, 0.2) is 0 Å². The second kappa shape index (κ2) is 6.41. The number of amides is 2. The molecule has 2 aliphatic heterocycles. The second-order valence-electron chi connectivity index (χ2n) is 5.39. The maximum absolute atomic E-state index is 12.5. The number of carbonyl (C=O) groups excluding carboxylic acids is 1. The second-order valence-corrected chi connectivity index (χ2v) is 5.39. The van der Waals surface area contributed by atoms with E-state index >= 15 is 0 Å². The Kier molecular flexibility index (Phi) is 4.82. The third kappa shape index (κ3) is 3.04. The summed E-state index contributed by atoms with van der Waals surface area (Å²) < 4.78 is 10.5. The minimum atomic E-state index is -0.916. The molecule has 114 valence electrons. The zero-order valence-electron chi connectivity index (χ0n) is 11.9. The molecule has 0 radical (unpaired) electrons. The van der Waals surface area contributed by atoms with Crippen LogP contribution in [0.1, 0.15) is 12.8 Å². The molecule has 1 N–H and O–H groups in total. The van der Waals surface area contributed by atoms with Crippen molar-refractivity contribution < 1.29 is 24.2 Å². The number of carboxylic acids is 1. The molecule has 0 aliphatic carbocycles. The van der Waals surface area contributed by atoms with E-state index < -0.39 is 17.9 Å². The minimum absolute atomic E-state index is 0.0659.